The third kappa shape index (κ3) is 1.98. The van der Waals surface area contributed by atoms with Crippen molar-refractivity contribution < 1.29 is 0 Å². The van der Waals surface area contributed by atoms with Crippen LogP contribution < -0.4 is 5.01 Å². The summed E-state index contributed by atoms with van der Waals surface area (Å²) in [6.45, 7) is 4.28. The van der Waals surface area contributed by atoms with Crippen LogP contribution in [0, 0.1) is 0 Å². The Labute approximate surface area is 101 Å². The number of rotatable bonds is 1. The summed E-state index contributed by atoms with van der Waals surface area (Å²) >= 11 is 0. The van der Waals surface area contributed by atoms with E-state index in [-0.39, 0.29) is 0 Å². The standard InChI is InChI=1S/C12H17N5/c1-15-7-4-8-16(10-9-15)17-12-6-3-2-5-11(12)13-14-17/h2-3,5-6H,4,7-10H2,1H3. The van der Waals surface area contributed by atoms with Gasteiger partial charge in [-0.1, -0.05) is 12.1 Å². The van der Waals surface area contributed by atoms with Gasteiger partial charge in [-0.15, -0.1) is 5.10 Å². The highest BCUT2D eigenvalue weighted by atomic mass is 15.7. The molecule has 1 aromatic heterocycles. The minimum atomic E-state index is 0.963. The number of hydrogen-bond acceptors (Lipinski definition) is 4. The van der Waals surface area contributed by atoms with Crippen LogP contribution in [0.3, 0.4) is 0 Å². The first-order valence-corrected chi connectivity index (χ1v) is 6.09. The van der Waals surface area contributed by atoms with E-state index < -0.39 is 0 Å². The van der Waals surface area contributed by atoms with Crippen LogP contribution in [0.25, 0.3) is 11.0 Å². The van der Waals surface area contributed by atoms with Crippen molar-refractivity contribution in [3.05, 3.63) is 24.3 Å². The van der Waals surface area contributed by atoms with Gasteiger partial charge in [0.05, 0.1) is 0 Å². The molecule has 0 N–H and O–H groups in total. The molecule has 0 spiro atoms. The van der Waals surface area contributed by atoms with Gasteiger partial charge in [-0.25, -0.2) is 0 Å². The van der Waals surface area contributed by atoms with E-state index >= 15 is 0 Å². The fourth-order valence-electron chi connectivity index (χ4n) is 2.29. The van der Waals surface area contributed by atoms with Gasteiger partial charge in [-0.05, 0) is 37.4 Å². The molecule has 1 aliphatic rings. The maximum absolute atomic E-state index is 4.26. The summed E-state index contributed by atoms with van der Waals surface area (Å²) in [5, 5.41) is 10.7. The second-order valence-corrected chi connectivity index (χ2v) is 4.58. The average Bonchev–Trinajstić information content (AvgIpc) is 2.66. The molecule has 5 heteroatoms. The van der Waals surface area contributed by atoms with E-state index in [1.165, 1.54) is 6.42 Å². The van der Waals surface area contributed by atoms with E-state index in [1.54, 1.807) is 0 Å². The fraction of sp³-hybridized carbons (Fsp3) is 0.500. The molecule has 0 radical (unpaired) electrons. The van der Waals surface area contributed by atoms with Crippen molar-refractivity contribution in [2.24, 2.45) is 0 Å². The number of aromatic nitrogens is 3. The molecular weight excluding hydrogens is 214 g/mol. The lowest BCUT2D eigenvalue weighted by Crippen LogP contribution is -2.38. The Kier molecular flexibility index (Phi) is 2.68. The van der Waals surface area contributed by atoms with Crippen LogP contribution in [-0.4, -0.2) is 53.2 Å². The molecule has 1 fully saturated rings. The Morgan fingerprint density at radius 1 is 1.06 bits per heavy atom. The largest absolute Gasteiger partial charge is 0.304 e. The Bertz CT molecular complexity index is 506. The van der Waals surface area contributed by atoms with Crippen LogP contribution in [0.5, 0.6) is 0 Å². The molecule has 5 nitrogen and oxygen atoms in total. The number of fused-ring (bicyclic) bond motifs is 1. The summed E-state index contributed by atoms with van der Waals surface area (Å²) in [5.74, 6) is 0. The lowest BCUT2D eigenvalue weighted by molar-refractivity contribution is 0.357. The number of nitrogens with zero attached hydrogens (tertiary/aromatic N) is 5. The summed E-state index contributed by atoms with van der Waals surface area (Å²) in [6.07, 6.45) is 1.17. The van der Waals surface area contributed by atoms with Crippen molar-refractivity contribution in [1.29, 1.82) is 0 Å². The average molecular weight is 231 g/mol. The number of likely N-dealkylation sites (N-methyl/N-ethyl adjacent to an activating group) is 1. The van der Waals surface area contributed by atoms with Gasteiger partial charge in [0.1, 0.15) is 11.0 Å². The zero-order chi connectivity index (χ0) is 11.7. The van der Waals surface area contributed by atoms with Crippen molar-refractivity contribution in [3.8, 4) is 0 Å². The molecule has 0 saturated carbocycles. The van der Waals surface area contributed by atoms with Gasteiger partial charge in [-0.3, -0.25) is 5.01 Å². The van der Waals surface area contributed by atoms with E-state index in [0.717, 1.165) is 37.2 Å². The van der Waals surface area contributed by atoms with Crippen molar-refractivity contribution in [3.63, 3.8) is 0 Å². The molecule has 1 saturated heterocycles. The van der Waals surface area contributed by atoms with Crippen LogP contribution in [0.4, 0.5) is 0 Å². The van der Waals surface area contributed by atoms with E-state index in [4.69, 9.17) is 0 Å². The Balaban J connectivity index is 1.92. The van der Waals surface area contributed by atoms with Crippen LogP contribution in [0.1, 0.15) is 6.42 Å². The lowest BCUT2D eigenvalue weighted by Gasteiger charge is -2.22. The van der Waals surface area contributed by atoms with Crippen molar-refractivity contribution in [1.82, 2.24) is 20.0 Å². The van der Waals surface area contributed by atoms with Crippen LogP contribution >= 0.6 is 0 Å². The SMILES string of the molecule is CN1CCCN(n2nnc3ccccc32)CC1. The van der Waals surface area contributed by atoms with Gasteiger partial charge < -0.3 is 4.90 Å². The van der Waals surface area contributed by atoms with E-state index in [0.29, 0.717) is 0 Å². The zero-order valence-electron chi connectivity index (χ0n) is 10.1. The van der Waals surface area contributed by atoms with Gasteiger partial charge in [0.25, 0.3) is 0 Å². The van der Waals surface area contributed by atoms with Crippen LogP contribution in [0.15, 0.2) is 24.3 Å². The van der Waals surface area contributed by atoms with Crippen LogP contribution in [-0.2, 0) is 0 Å². The lowest BCUT2D eigenvalue weighted by atomic mass is 10.3. The highest BCUT2D eigenvalue weighted by Crippen LogP contribution is 2.11. The smallest absolute Gasteiger partial charge is 0.115 e. The van der Waals surface area contributed by atoms with E-state index in [9.17, 15) is 0 Å². The highest BCUT2D eigenvalue weighted by molar-refractivity contribution is 5.74. The molecule has 3 rings (SSSR count). The minimum Gasteiger partial charge on any atom is -0.304 e. The monoisotopic (exact) mass is 231 g/mol. The van der Waals surface area contributed by atoms with Gasteiger partial charge in [0.15, 0.2) is 0 Å². The van der Waals surface area contributed by atoms with Crippen molar-refractivity contribution in [2.45, 2.75) is 6.42 Å². The van der Waals surface area contributed by atoms with Crippen molar-refractivity contribution >= 4 is 11.0 Å². The summed E-state index contributed by atoms with van der Waals surface area (Å²) < 4.78 is 0. The molecule has 0 atom stereocenters. The summed E-state index contributed by atoms with van der Waals surface area (Å²) in [7, 11) is 2.17. The molecule has 0 unspecified atom stereocenters. The maximum atomic E-state index is 4.26. The first-order chi connectivity index (χ1) is 8.34. The number of benzene rings is 1. The summed E-state index contributed by atoms with van der Waals surface area (Å²) in [4.78, 5) is 4.31. The van der Waals surface area contributed by atoms with Gasteiger partial charge in [0, 0.05) is 19.6 Å². The second-order valence-electron chi connectivity index (χ2n) is 4.58. The topological polar surface area (TPSA) is 37.2 Å². The second kappa shape index (κ2) is 4.33. The molecule has 90 valence electrons. The number of hydrogen-bond donors (Lipinski definition) is 0. The van der Waals surface area contributed by atoms with Gasteiger partial charge >= 0.3 is 0 Å². The quantitative estimate of drug-likeness (QED) is 0.724. The molecular formula is C12H17N5. The molecule has 0 bridgehead atoms. The highest BCUT2D eigenvalue weighted by Gasteiger charge is 2.15. The molecule has 2 heterocycles. The van der Waals surface area contributed by atoms with Crippen LogP contribution in [0.2, 0.25) is 0 Å². The summed E-state index contributed by atoms with van der Waals surface area (Å²) in [5.41, 5.74) is 2.06. The molecule has 2 aromatic rings. The van der Waals surface area contributed by atoms with Crippen molar-refractivity contribution in [2.75, 3.05) is 38.2 Å². The first kappa shape index (κ1) is 10.5. The Morgan fingerprint density at radius 3 is 2.88 bits per heavy atom. The number of para-hydroxylation sites is 1. The fourth-order valence-corrected chi connectivity index (χ4v) is 2.29. The molecule has 1 aromatic carbocycles. The Morgan fingerprint density at radius 2 is 1.94 bits per heavy atom. The first-order valence-electron chi connectivity index (χ1n) is 6.09. The Hall–Kier alpha value is -1.62. The van der Waals surface area contributed by atoms with Gasteiger partial charge in [-0.2, -0.15) is 4.79 Å². The molecule has 0 aliphatic carbocycles. The molecule has 1 aliphatic heterocycles. The molecule has 0 amide bonds. The predicted molar refractivity (Wildman–Crippen MR) is 67.6 cm³/mol. The normalized spacial score (nSPS) is 18.5. The van der Waals surface area contributed by atoms with E-state index in [1.807, 2.05) is 23.0 Å². The molecule has 17 heavy (non-hydrogen) atoms. The van der Waals surface area contributed by atoms with E-state index in [2.05, 4.69) is 33.3 Å². The summed E-state index contributed by atoms with van der Waals surface area (Å²) in [6, 6.07) is 8.11. The van der Waals surface area contributed by atoms with Gasteiger partial charge in [0.2, 0.25) is 0 Å². The minimum absolute atomic E-state index is 0.963. The third-order valence-electron chi connectivity index (χ3n) is 3.30. The third-order valence-corrected chi connectivity index (χ3v) is 3.30. The zero-order valence-corrected chi connectivity index (χ0v) is 10.1. The maximum Gasteiger partial charge on any atom is 0.115 e. The predicted octanol–water partition coefficient (Wildman–Crippen LogP) is 0.705.